The number of fused-ring (bicyclic) bond motifs is 2. The van der Waals surface area contributed by atoms with Crippen LogP contribution in [0, 0.1) is 13.8 Å². The fraction of sp³-hybridized carbons (Fsp3) is 0.409. The molecule has 4 aromatic carbocycles. The lowest BCUT2D eigenvalue weighted by molar-refractivity contribution is 0.398. The summed E-state index contributed by atoms with van der Waals surface area (Å²) in [5.41, 5.74) is 4.67. The molecule has 14 nitrogen and oxygen atoms in total. The van der Waals surface area contributed by atoms with Gasteiger partial charge in [-0.25, -0.2) is 0 Å². The number of aliphatic imine (C=N–C) groups is 2. The van der Waals surface area contributed by atoms with Gasteiger partial charge in [0.15, 0.2) is 23.0 Å². The summed E-state index contributed by atoms with van der Waals surface area (Å²) in [7, 11) is 0. The van der Waals surface area contributed by atoms with Gasteiger partial charge in [0.2, 0.25) is 0 Å². The molecule has 0 saturated heterocycles. The Hall–Kier alpha value is -6.18. The zero-order valence-corrected chi connectivity index (χ0v) is 34.5. The van der Waals surface area contributed by atoms with E-state index in [4.69, 9.17) is 0 Å². The molecule has 6 aromatic rings. The van der Waals surface area contributed by atoms with Crippen molar-refractivity contribution in [1.29, 1.82) is 0 Å². The summed E-state index contributed by atoms with van der Waals surface area (Å²) in [5, 5.41) is 88.7. The van der Waals surface area contributed by atoms with E-state index in [1.165, 1.54) is 12.4 Å². The molecule has 306 valence electrons. The quantitative estimate of drug-likeness (QED) is 0.0435. The third kappa shape index (κ3) is 7.74. The van der Waals surface area contributed by atoms with E-state index in [0.717, 1.165) is 37.1 Å². The molecule has 0 saturated carbocycles. The average Bonchev–Trinajstić information content (AvgIpc) is 3.82. The molecule has 0 bridgehead atoms. The molecule has 0 aliphatic carbocycles. The van der Waals surface area contributed by atoms with Crippen LogP contribution in [0.5, 0.6) is 34.5 Å². The first-order valence-electron chi connectivity index (χ1n) is 20.0. The lowest BCUT2D eigenvalue weighted by Gasteiger charge is -2.23. The normalized spacial score (nSPS) is 12.2. The van der Waals surface area contributed by atoms with Gasteiger partial charge < -0.3 is 30.6 Å². The van der Waals surface area contributed by atoms with Crippen LogP contribution in [0.4, 0.5) is 0 Å². The summed E-state index contributed by atoms with van der Waals surface area (Å²) in [4.78, 5) is 9.12. The van der Waals surface area contributed by atoms with Crippen molar-refractivity contribution in [2.75, 3.05) is 13.1 Å². The molecule has 0 fully saturated rings. The fourth-order valence-electron chi connectivity index (χ4n) is 7.89. The average molecular weight is 791 g/mol. The van der Waals surface area contributed by atoms with Crippen LogP contribution in [0.1, 0.15) is 111 Å². The van der Waals surface area contributed by atoms with Gasteiger partial charge in [0.1, 0.15) is 11.5 Å². The number of hydrogen-bond donors (Lipinski definition) is 6. The Morgan fingerprint density at radius 2 is 0.966 bits per heavy atom. The summed E-state index contributed by atoms with van der Waals surface area (Å²) in [6.07, 6.45) is 10.2. The van der Waals surface area contributed by atoms with Crippen molar-refractivity contribution >= 4 is 34.0 Å². The van der Waals surface area contributed by atoms with E-state index in [1.54, 1.807) is 23.2 Å². The van der Waals surface area contributed by atoms with Crippen molar-refractivity contribution in [1.82, 2.24) is 30.0 Å². The van der Waals surface area contributed by atoms with Gasteiger partial charge in [-0.15, -0.1) is 10.2 Å². The molecule has 0 aliphatic heterocycles. The maximum absolute atomic E-state index is 12.4. The van der Waals surface area contributed by atoms with Gasteiger partial charge in [-0.05, 0) is 60.4 Å². The van der Waals surface area contributed by atoms with Crippen molar-refractivity contribution in [2.45, 2.75) is 106 Å². The van der Waals surface area contributed by atoms with Crippen molar-refractivity contribution in [3.8, 4) is 45.6 Å². The van der Waals surface area contributed by atoms with Gasteiger partial charge in [0.25, 0.3) is 0 Å². The number of aryl methyl sites for hydroxylation is 4. The highest BCUT2D eigenvalue weighted by Crippen LogP contribution is 2.54. The minimum Gasteiger partial charge on any atom is -0.507 e. The van der Waals surface area contributed by atoms with Crippen molar-refractivity contribution < 1.29 is 30.6 Å². The largest absolute Gasteiger partial charge is 0.507 e. The fourth-order valence-corrected chi connectivity index (χ4v) is 7.89. The number of nitrogens with zero attached hydrogens (tertiary/aromatic N) is 8. The molecule has 0 unspecified atom stereocenters. The van der Waals surface area contributed by atoms with E-state index >= 15 is 0 Å². The van der Waals surface area contributed by atoms with E-state index in [0.29, 0.717) is 57.2 Å². The van der Waals surface area contributed by atoms with E-state index in [1.807, 2.05) is 52.2 Å². The number of aromatic nitrogens is 6. The molecular weight excluding hydrogens is 737 g/mol. The second-order valence-electron chi connectivity index (χ2n) is 15.6. The monoisotopic (exact) mass is 790 g/mol. The van der Waals surface area contributed by atoms with E-state index in [2.05, 4.69) is 44.5 Å². The second kappa shape index (κ2) is 17.1. The Morgan fingerprint density at radius 3 is 1.31 bits per heavy atom. The minimum atomic E-state index is -0.427. The van der Waals surface area contributed by atoms with Crippen LogP contribution in [0.3, 0.4) is 0 Å². The Balaban J connectivity index is 1.52. The second-order valence-corrected chi connectivity index (χ2v) is 15.6. The van der Waals surface area contributed by atoms with Crippen LogP contribution in [-0.2, 0) is 25.9 Å². The topological polar surface area (TPSA) is 208 Å². The van der Waals surface area contributed by atoms with Crippen LogP contribution in [0.15, 0.2) is 34.5 Å². The van der Waals surface area contributed by atoms with E-state index in [9.17, 15) is 30.6 Å². The first kappa shape index (κ1) is 41.5. The standard InChI is InChI=1S/C44H54N8O6/c1-9-11-27-21-51(49-47-27)15-13-45-19-31-37-29(33(23(3)4)43(57)39(31)53)17-25(7)35(41(37)55)36-26(8)18-30-34(24(5)6)44(58)40(54)32(38(30)42(36)56)20-46-14-16-52-22-28(12-10-2)48-50-52/h17-24,53-58H,9-16H2,1-8H3. The first-order chi connectivity index (χ1) is 27.7. The van der Waals surface area contributed by atoms with Gasteiger partial charge in [0.05, 0.1) is 37.6 Å². The highest BCUT2D eigenvalue weighted by Gasteiger charge is 2.29. The predicted octanol–water partition coefficient (Wildman–Crippen LogP) is 8.08. The number of phenols is 6. The maximum atomic E-state index is 12.4. The van der Waals surface area contributed by atoms with Crippen LogP contribution >= 0.6 is 0 Å². The van der Waals surface area contributed by atoms with Crippen LogP contribution in [-0.4, -0.2) is 86.1 Å². The highest BCUT2D eigenvalue weighted by molar-refractivity contribution is 6.15. The van der Waals surface area contributed by atoms with Gasteiger partial charge >= 0.3 is 0 Å². The molecular formula is C44H54N8O6. The van der Waals surface area contributed by atoms with Crippen LogP contribution in [0.25, 0.3) is 32.7 Å². The van der Waals surface area contributed by atoms with E-state index in [-0.39, 0.29) is 69.8 Å². The lowest BCUT2D eigenvalue weighted by Crippen LogP contribution is -2.03. The van der Waals surface area contributed by atoms with Gasteiger partial charge in [-0.3, -0.25) is 19.3 Å². The first-order valence-corrected chi connectivity index (χ1v) is 20.0. The van der Waals surface area contributed by atoms with Crippen molar-refractivity contribution in [2.24, 2.45) is 9.98 Å². The molecule has 0 spiro atoms. The van der Waals surface area contributed by atoms with Crippen LogP contribution in [0.2, 0.25) is 0 Å². The SMILES string of the molecule is CCCc1cn(CCN=Cc2c(O)c(O)c(C(C)C)c3cc(C)c(-c4c(C)cc5c(C(C)C)c(O)c(O)c(C=NCCn6cc(CCC)nn6)c5c4O)c(O)c23)nn1. The number of phenolic OH excluding ortho intramolecular Hbond substituents is 6. The molecule has 14 heteroatoms. The lowest BCUT2D eigenvalue weighted by atomic mass is 9.83. The molecule has 2 aromatic heterocycles. The summed E-state index contributed by atoms with van der Waals surface area (Å²) < 4.78 is 3.40. The molecule has 0 radical (unpaired) electrons. The third-order valence-electron chi connectivity index (χ3n) is 10.5. The number of benzene rings is 4. The molecule has 58 heavy (non-hydrogen) atoms. The Morgan fingerprint density at radius 1 is 0.586 bits per heavy atom. The van der Waals surface area contributed by atoms with Crippen molar-refractivity contribution in [3.05, 3.63) is 69.3 Å². The Bertz CT molecular complexity index is 2370. The number of aromatic hydroxyl groups is 6. The smallest absolute Gasteiger partial charge is 0.167 e. The zero-order valence-electron chi connectivity index (χ0n) is 34.5. The zero-order chi connectivity index (χ0) is 42.0. The summed E-state index contributed by atoms with van der Waals surface area (Å²) >= 11 is 0. The van der Waals surface area contributed by atoms with Crippen LogP contribution < -0.4 is 0 Å². The molecule has 2 heterocycles. The maximum Gasteiger partial charge on any atom is 0.167 e. The third-order valence-corrected chi connectivity index (χ3v) is 10.5. The van der Waals surface area contributed by atoms with Gasteiger partial charge in [-0.1, -0.05) is 76.9 Å². The predicted molar refractivity (Wildman–Crippen MR) is 227 cm³/mol. The van der Waals surface area contributed by atoms with Gasteiger partial charge in [0, 0.05) is 69.0 Å². The summed E-state index contributed by atoms with van der Waals surface area (Å²) in [5.74, 6) is -2.39. The minimum absolute atomic E-state index is 0.116. The molecule has 0 atom stereocenters. The molecule has 6 rings (SSSR count). The highest BCUT2D eigenvalue weighted by atomic mass is 16.3. The Labute approximate surface area is 337 Å². The molecule has 0 amide bonds. The van der Waals surface area contributed by atoms with Gasteiger partial charge in [-0.2, -0.15) is 0 Å². The summed E-state index contributed by atoms with van der Waals surface area (Å²) in [6, 6.07) is 3.66. The molecule has 6 N–H and O–H groups in total. The van der Waals surface area contributed by atoms with Crippen molar-refractivity contribution in [3.63, 3.8) is 0 Å². The number of rotatable bonds is 15. The van der Waals surface area contributed by atoms with E-state index < -0.39 is 11.5 Å². The molecule has 0 aliphatic rings. The number of hydrogen-bond acceptors (Lipinski definition) is 12. The Kier molecular flexibility index (Phi) is 12.2. The summed E-state index contributed by atoms with van der Waals surface area (Å²) in [6.45, 7) is 16.7.